The highest BCUT2D eigenvalue weighted by Gasteiger charge is 2.19. The van der Waals surface area contributed by atoms with E-state index in [-0.39, 0.29) is 17.5 Å². The Morgan fingerprint density at radius 3 is 2.04 bits per heavy atom. The quantitative estimate of drug-likeness (QED) is 0.684. The molecule has 0 saturated carbocycles. The van der Waals surface area contributed by atoms with Gasteiger partial charge in [0.05, 0.1) is 4.92 Å². The fraction of sp³-hybridized carbons (Fsp3) is 0.222. The van der Waals surface area contributed by atoms with Crippen molar-refractivity contribution >= 4 is 23.2 Å². The molecule has 2 aromatic carbocycles. The van der Waals surface area contributed by atoms with Gasteiger partial charge >= 0.3 is 0 Å². The highest BCUT2D eigenvalue weighted by atomic mass is 16.6. The minimum atomic E-state index is -0.516. The number of non-ortho nitro benzene ring substituents is 1. The number of hydrogen-bond acceptors (Lipinski definition) is 4. The Morgan fingerprint density at radius 1 is 0.920 bits per heavy atom. The number of hydrogen-bond donors (Lipinski definition) is 1. The molecule has 1 heterocycles. The molecule has 1 N–H and O–H groups in total. The van der Waals surface area contributed by atoms with Crippen LogP contribution in [0.2, 0.25) is 0 Å². The van der Waals surface area contributed by atoms with Crippen molar-refractivity contribution in [2.45, 2.75) is 12.8 Å². The lowest BCUT2D eigenvalue weighted by atomic mass is 10.1. The molecule has 1 aliphatic rings. The van der Waals surface area contributed by atoms with Gasteiger partial charge in [-0.25, -0.2) is 0 Å². The highest BCUT2D eigenvalue weighted by Crippen LogP contribution is 2.17. The molecule has 25 heavy (non-hydrogen) atoms. The van der Waals surface area contributed by atoms with Crippen LogP contribution in [0, 0.1) is 10.1 Å². The van der Waals surface area contributed by atoms with Gasteiger partial charge in [0.2, 0.25) is 0 Å². The normalized spacial score (nSPS) is 13.5. The zero-order valence-electron chi connectivity index (χ0n) is 13.5. The molecule has 0 unspecified atom stereocenters. The summed E-state index contributed by atoms with van der Waals surface area (Å²) in [7, 11) is 0. The van der Waals surface area contributed by atoms with Gasteiger partial charge < -0.3 is 10.2 Å². The molecule has 3 rings (SSSR count). The van der Waals surface area contributed by atoms with Gasteiger partial charge in [-0.2, -0.15) is 0 Å². The van der Waals surface area contributed by atoms with Crippen molar-refractivity contribution in [3.63, 3.8) is 0 Å². The van der Waals surface area contributed by atoms with Crippen LogP contribution in [-0.4, -0.2) is 34.7 Å². The Kier molecular flexibility index (Phi) is 4.74. The van der Waals surface area contributed by atoms with E-state index in [2.05, 4.69) is 5.32 Å². The molecule has 7 heteroatoms. The summed E-state index contributed by atoms with van der Waals surface area (Å²) in [5.74, 6) is -0.362. The average molecular weight is 339 g/mol. The highest BCUT2D eigenvalue weighted by molar-refractivity contribution is 6.04. The van der Waals surface area contributed by atoms with Crippen LogP contribution < -0.4 is 5.32 Å². The van der Waals surface area contributed by atoms with Gasteiger partial charge in [0.15, 0.2) is 0 Å². The second-order valence-electron chi connectivity index (χ2n) is 5.83. The van der Waals surface area contributed by atoms with Gasteiger partial charge in [-0.1, -0.05) is 0 Å². The van der Waals surface area contributed by atoms with E-state index in [1.165, 1.54) is 24.3 Å². The Bertz CT molecular complexity index is 794. The van der Waals surface area contributed by atoms with E-state index in [1.807, 2.05) is 4.90 Å². The number of nitrogens with zero attached hydrogens (tertiary/aromatic N) is 2. The largest absolute Gasteiger partial charge is 0.339 e. The lowest BCUT2D eigenvalue weighted by Gasteiger charge is -2.15. The summed E-state index contributed by atoms with van der Waals surface area (Å²) in [4.78, 5) is 36.4. The number of nitro benzene ring substituents is 1. The number of benzene rings is 2. The number of nitro groups is 1. The fourth-order valence-electron chi connectivity index (χ4n) is 2.74. The smallest absolute Gasteiger partial charge is 0.269 e. The lowest BCUT2D eigenvalue weighted by Crippen LogP contribution is -2.27. The van der Waals surface area contributed by atoms with Gasteiger partial charge in [0, 0.05) is 42.0 Å². The Labute approximate surface area is 144 Å². The van der Waals surface area contributed by atoms with Crippen molar-refractivity contribution in [3.8, 4) is 0 Å². The zero-order valence-corrected chi connectivity index (χ0v) is 13.5. The standard InChI is InChI=1S/C18H17N3O4/c22-17(13-5-9-16(10-6-13)21(24)25)19-15-7-3-14(4-8-15)18(23)20-11-1-2-12-20/h3-10H,1-2,11-12H2,(H,19,22). The molecule has 2 aromatic rings. The second-order valence-corrected chi connectivity index (χ2v) is 5.83. The van der Waals surface area contributed by atoms with Crippen LogP contribution in [0.1, 0.15) is 33.6 Å². The number of rotatable bonds is 4. The molecule has 0 spiro atoms. The van der Waals surface area contributed by atoms with Gasteiger partial charge in [0.1, 0.15) is 0 Å². The van der Waals surface area contributed by atoms with Crippen LogP contribution in [0.15, 0.2) is 48.5 Å². The van der Waals surface area contributed by atoms with Crippen molar-refractivity contribution in [2.75, 3.05) is 18.4 Å². The minimum Gasteiger partial charge on any atom is -0.339 e. The van der Waals surface area contributed by atoms with Crippen molar-refractivity contribution in [1.82, 2.24) is 4.90 Å². The Hall–Kier alpha value is -3.22. The fourth-order valence-corrected chi connectivity index (χ4v) is 2.74. The van der Waals surface area contributed by atoms with E-state index >= 15 is 0 Å². The van der Waals surface area contributed by atoms with E-state index in [0.717, 1.165) is 25.9 Å². The zero-order chi connectivity index (χ0) is 17.8. The number of amides is 2. The summed E-state index contributed by atoms with van der Waals surface area (Å²) in [6.45, 7) is 1.58. The van der Waals surface area contributed by atoms with Gasteiger partial charge in [-0.3, -0.25) is 19.7 Å². The predicted octanol–water partition coefficient (Wildman–Crippen LogP) is 3.08. The molecule has 2 amide bonds. The number of anilines is 1. The Morgan fingerprint density at radius 2 is 1.48 bits per heavy atom. The van der Waals surface area contributed by atoms with Crippen molar-refractivity contribution in [3.05, 3.63) is 69.8 Å². The average Bonchev–Trinajstić information content (AvgIpc) is 3.16. The molecule has 7 nitrogen and oxygen atoms in total. The van der Waals surface area contributed by atoms with Crippen LogP contribution in [0.3, 0.4) is 0 Å². The number of carbonyl (C=O) groups excluding carboxylic acids is 2. The maximum absolute atomic E-state index is 12.3. The van der Waals surface area contributed by atoms with Gasteiger partial charge in [0.25, 0.3) is 17.5 Å². The van der Waals surface area contributed by atoms with Crippen LogP contribution in [0.5, 0.6) is 0 Å². The third kappa shape index (κ3) is 3.82. The molecule has 0 atom stereocenters. The molecule has 0 radical (unpaired) electrons. The molecule has 128 valence electrons. The molecular formula is C18H17N3O4. The maximum Gasteiger partial charge on any atom is 0.269 e. The van der Waals surface area contributed by atoms with E-state index < -0.39 is 4.92 Å². The molecule has 0 aromatic heterocycles. The summed E-state index contributed by atoms with van der Waals surface area (Å²) in [5, 5.41) is 13.3. The maximum atomic E-state index is 12.3. The van der Waals surface area contributed by atoms with E-state index in [4.69, 9.17) is 0 Å². The molecule has 1 saturated heterocycles. The first-order chi connectivity index (χ1) is 12.0. The van der Waals surface area contributed by atoms with Crippen molar-refractivity contribution in [1.29, 1.82) is 0 Å². The third-order valence-corrected chi connectivity index (χ3v) is 4.12. The monoisotopic (exact) mass is 339 g/mol. The van der Waals surface area contributed by atoms with Crippen LogP contribution in [-0.2, 0) is 0 Å². The number of carbonyl (C=O) groups is 2. The Balaban J connectivity index is 1.65. The topological polar surface area (TPSA) is 92.6 Å². The lowest BCUT2D eigenvalue weighted by molar-refractivity contribution is -0.384. The molecule has 0 aliphatic carbocycles. The van der Waals surface area contributed by atoms with E-state index in [0.29, 0.717) is 16.8 Å². The van der Waals surface area contributed by atoms with Crippen molar-refractivity contribution < 1.29 is 14.5 Å². The minimum absolute atomic E-state index is 0.00532. The first kappa shape index (κ1) is 16.6. The molecule has 1 fully saturated rings. The summed E-state index contributed by atoms with van der Waals surface area (Å²) < 4.78 is 0. The van der Waals surface area contributed by atoms with Gasteiger partial charge in [-0.05, 0) is 49.2 Å². The number of nitrogens with one attached hydrogen (secondary N) is 1. The second kappa shape index (κ2) is 7.12. The summed E-state index contributed by atoms with van der Waals surface area (Å²) >= 11 is 0. The van der Waals surface area contributed by atoms with Crippen molar-refractivity contribution in [2.24, 2.45) is 0 Å². The molecule has 0 bridgehead atoms. The van der Waals surface area contributed by atoms with Crippen LogP contribution in [0.4, 0.5) is 11.4 Å². The molecular weight excluding hydrogens is 322 g/mol. The van der Waals surface area contributed by atoms with Crippen LogP contribution in [0.25, 0.3) is 0 Å². The summed E-state index contributed by atoms with van der Waals surface area (Å²) in [5.41, 5.74) is 1.40. The molecule has 1 aliphatic heterocycles. The van der Waals surface area contributed by atoms with E-state index in [1.54, 1.807) is 24.3 Å². The van der Waals surface area contributed by atoms with Crippen LogP contribution >= 0.6 is 0 Å². The first-order valence-electron chi connectivity index (χ1n) is 8.00. The summed E-state index contributed by atoms with van der Waals surface area (Å²) in [6.07, 6.45) is 2.07. The van der Waals surface area contributed by atoms with Gasteiger partial charge in [-0.15, -0.1) is 0 Å². The predicted molar refractivity (Wildman–Crippen MR) is 92.6 cm³/mol. The number of likely N-dealkylation sites (tertiary alicyclic amines) is 1. The SMILES string of the molecule is O=C(Nc1ccc(C(=O)N2CCCC2)cc1)c1ccc([N+](=O)[O-])cc1. The third-order valence-electron chi connectivity index (χ3n) is 4.12. The first-order valence-corrected chi connectivity index (χ1v) is 8.00. The van der Waals surface area contributed by atoms with E-state index in [9.17, 15) is 19.7 Å². The summed E-state index contributed by atoms with van der Waals surface area (Å²) in [6, 6.07) is 12.1.